The highest BCUT2D eigenvalue weighted by atomic mass is 32.2. The van der Waals surface area contributed by atoms with Crippen LogP contribution in [0.2, 0.25) is 0 Å². The van der Waals surface area contributed by atoms with Crippen molar-refractivity contribution in [3.8, 4) is 0 Å². The summed E-state index contributed by atoms with van der Waals surface area (Å²) < 4.78 is 25.6. The van der Waals surface area contributed by atoms with Gasteiger partial charge in [0.05, 0.1) is 5.56 Å². The van der Waals surface area contributed by atoms with E-state index in [1.807, 2.05) is 36.1 Å². The van der Waals surface area contributed by atoms with Gasteiger partial charge in [0.1, 0.15) is 5.82 Å². The molecule has 166 valence electrons. The number of hydrogen-bond acceptors (Lipinski definition) is 7. The minimum atomic E-state index is -2.57. The monoisotopic (exact) mass is 456 g/mol. The van der Waals surface area contributed by atoms with Crippen LogP contribution in [0, 0.1) is 6.92 Å². The number of piperazine rings is 1. The number of carbonyl (C=O) groups excluding carboxylic acids is 1. The molecule has 1 N–H and O–H groups in total. The molecule has 3 aromatic rings. The summed E-state index contributed by atoms with van der Waals surface area (Å²) in [6.07, 6.45) is 1.73. The number of rotatable bonds is 6. The Bertz CT molecular complexity index is 1070. The van der Waals surface area contributed by atoms with Crippen molar-refractivity contribution >= 4 is 35.1 Å². The third-order valence-corrected chi connectivity index (χ3v) is 5.83. The van der Waals surface area contributed by atoms with Crippen LogP contribution in [0.1, 0.15) is 15.9 Å². The topological polar surface area (TPSA) is 74.2 Å². The Morgan fingerprint density at radius 1 is 1.03 bits per heavy atom. The lowest BCUT2D eigenvalue weighted by Gasteiger charge is -2.35. The summed E-state index contributed by atoms with van der Waals surface area (Å²) in [5.41, 5.74) is 1.40. The van der Waals surface area contributed by atoms with Gasteiger partial charge in [-0.15, -0.1) is 10.2 Å². The zero-order chi connectivity index (χ0) is 22.5. The Kier molecular flexibility index (Phi) is 6.79. The molecular weight excluding hydrogens is 434 g/mol. The summed E-state index contributed by atoms with van der Waals surface area (Å²) in [5, 5.41) is 11.6. The fourth-order valence-electron chi connectivity index (χ4n) is 3.45. The first-order valence-electron chi connectivity index (χ1n) is 10.1. The number of aromatic nitrogens is 3. The summed E-state index contributed by atoms with van der Waals surface area (Å²) in [7, 11) is 0. The molecule has 7 nitrogen and oxygen atoms in total. The van der Waals surface area contributed by atoms with Crippen LogP contribution < -0.4 is 10.2 Å². The van der Waals surface area contributed by atoms with Gasteiger partial charge >= 0.3 is 0 Å². The van der Waals surface area contributed by atoms with Crippen molar-refractivity contribution < 1.29 is 13.6 Å². The van der Waals surface area contributed by atoms with Gasteiger partial charge in [-0.05, 0) is 48.9 Å². The number of nitrogens with zero attached hydrogens (tertiary/aromatic N) is 5. The number of hydrogen-bond donors (Lipinski definition) is 1. The van der Waals surface area contributed by atoms with Gasteiger partial charge in [-0.25, -0.2) is 4.98 Å². The number of thioether (sulfide) groups is 1. The number of halogens is 2. The van der Waals surface area contributed by atoms with Gasteiger partial charge in [0, 0.05) is 37.3 Å². The molecule has 3 heterocycles. The van der Waals surface area contributed by atoms with Crippen molar-refractivity contribution in [2.24, 2.45) is 0 Å². The molecule has 0 unspecified atom stereocenters. The SMILES string of the molecule is Cc1ccnc(Nc2ccc(N3CCN(C(=O)c4ccccc4SC(F)F)CC3)nn2)c1. The molecule has 1 fully saturated rings. The van der Waals surface area contributed by atoms with Gasteiger partial charge < -0.3 is 15.1 Å². The predicted molar refractivity (Wildman–Crippen MR) is 121 cm³/mol. The standard InChI is InChI=1S/C22H22F2N6OS/c1-15-8-9-25-19(14-15)26-18-6-7-20(28-27-18)29-10-12-30(13-11-29)21(31)16-4-2-3-5-17(16)32-22(23)24/h2-9,14,22H,10-13H2,1H3,(H,25,26,27). The fraction of sp³-hybridized carbons (Fsp3) is 0.273. The Balaban J connectivity index is 1.36. The van der Waals surface area contributed by atoms with E-state index in [0.717, 1.165) is 5.56 Å². The molecular formula is C22H22F2N6OS. The van der Waals surface area contributed by atoms with Gasteiger partial charge in [0.2, 0.25) is 0 Å². The van der Waals surface area contributed by atoms with Gasteiger partial charge in [-0.2, -0.15) is 8.78 Å². The average molecular weight is 457 g/mol. The molecule has 32 heavy (non-hydrogen) atoms. The molecule has 0 aliphatic carbocycles. The van der Waals surface area contributed by atoms with Gasteiger partial charge in [0.25, 0.3) is 11.7 Å². The smallest absolute Gasteiger partial charge is 0.288 e. The number of aryl methyl sites for hydroxylation is 1. The Morgan fingerprint density at radius 3 is 2.50 bits per heavy atom. The van der Waals surface area contributed by atoms with Crippen LogP contribution in [0.25, 0.3) is 0 Å². The maximum Gasteiger partial charge on any atom is 0.288 e. The third kappa shape index (κ3) is 5.31. The van der Waals surface area contributed by atoms with Gasteiger partial charge in [-0.1, -0.05) is 23.9 Å². The number of carbonyl (C=O) groups is 1. The van der Waals surface area contributed by atoms with E-state index in [2.05, 4.69) is 20.5 Å². The molecule has 0 bridgehead atoms. The lowest BCUT2D eigenvalue weighted by Crippen LogP contribution is -2.49. The average Bonchev–Trinajstić information content (AvgIpc) is 2.79. The second-order valence-corrected chi connectivity index (χ2v) is 8.31. The minimum Gasteiger partial charge on any atom is -0.352 e. The summed E-state index contributed by atoms with van der Waals surface area (Å²) >= 11 is 0.397. The summed E-state index contributed by atoms with van der Waals surface area (Å²) in [6.45, 7) is 4.10. The number of anilines is 3. The first-order valence-corrected chi connectivity index (χ1v) is 11.0. The zero-order valence-electron chi connectivity index (χ0n) is 17.4. The molecule has 0 atom stereocenters. The van der Waals surface area contributed by atoms with E-state index in [9.17, 15) is 13.6 Å². The summed E-state index contributed by atoms with van der Waals surface area (Å²) in [6, 6.07) is 14.0. The van der Waals surface area contributed by atoms with Crippen molar-refractivity contribution in [1.82, 2.24) is 20.1 Å². The number of benzene rings is 1. The van der Waals surface area contributed by atoms with E-state index in [1.165, 1.54) is 0 Å². The molecule has 4 rings (SSSR count). The lowest BCUT2D eigenvalue weighted by atomic mass is 10.2. The van der Waals surface area contributed by atoms with Crippen LogP contribution in [0.4, 0.5) is 26.2 Å². The number of nitrogens with one attached hydrogen (secondary N) is 1. The highest BCUT2D eigenvalue weighted by molar-refractivity contribution is 7.99. The number of amides is 1. The predicted octanol–water partition coefficient (Wildman–Crippen LogP) is 4.20. The molecule has 1 aliphatic heterocycles. The van der Waals surface area contributed by atoms with E-state index in [1.54, 1.807) is 35.4 Å². The largest absolute Gasteiger partial charge is 0.352 e. The minimum absolute atomic E-state index is 0.232. The van der Waals surface area contributed by atoms with Crippen LogP contribution in [-0.4, -0.2) is 57.9 Å². The van der Waals surface area contributed by atoms with Crippen LogP contribution in [-0.2, 0) is 0 Å². The van der Waals surface area contributed by atoms with Crippen molar-refractivity contribution in [3.63, 3.8) is 0 Å². The lowest BCUT2D eigenvalue weighted by molar-refractivity contribution is 0.0743. The van der Waals surface area contributed by atoms with Gasteiger partial charge in [-0.3, -0.25) is 4.79 Å². The second kappa shape index (κ2) is 9.90. The molecule has 2 aromatic heterocycles. The zero-order valence-corrected chi connectivity index (χ0v) is 18.2. The van der Waals surface area contributed by atoms with Crippen molar-refractivity contribution in [1.29, 1.82) is 0 Å². The first-order chi connectivity index (χ1) is 15.5. The Morgan fingerprint density at radius 2 is 1.81 bits per heavy atom. The quantitative estimate of drug-likeness (QED) is 0.557. The molecule has 1 aromatic carbocycles. The molecule has 1 aliphatic rings. The maximum atomic E-state index is 12.9. The van der Waals surface area contributed by atoms with Crippen LogP contribution in [0.3, 0.4) is 0 Å². The Hall–Kier alpha value is -3.27. The number of pyridine rings is 1. The van der Waals surface area contributed by atoms with E-state index < -0.39 is 5.76 Å². The van der Waals surface area contributed by atoms with Crippen LogP contribution in [0.5, 0.6) is 0 Å². The number of alkyl halides is 2. The molecule has 1 amide bonds. The summed E-state index contributed by atoms with van der Waals surface area (Å²) in [5.74, 6) is -0.796. The van der Waals surface area contributed by atoms with Crippen molar-refractivity contribution in [2.75, 3.05) is 36.4 Å². The normalized spacial score (nSPS) is 14.0. The highest BCUT2D eigenvalue weighted by Gasteiger charge is 2.25. The van der Waals surface area contributed by atoms with Crippen molar-refractivity contribution in [3.05, 3.63) is 65.9 Å². The summed E-state index contributed by atoms with van der Waals surface area (Å²) in [4.78, 5) is 21.2. The van der Waals surface area contributed by atoms with E-state index >= 15 is 0 Å². The van der Waals surface area contributed by atoms with Crippen LogP contribution in [0.15, 0.2) is 59.6 Å². The molecule has 10 heteroatoms. The van der Waals surface area contributed by atoms with Crippen molar-refractivity contribution in [2.45, 2.75) is 17.6 Å². The molecule has 1 saturated heterocycles. The highest BCUT2D eigenvalue weighted by Crippen LogP contribution is 2.29. The molecule has 0 radical (unpaired) electrons. The Labute approximate surface area is 188 Å². The first kappa shape index (κ1) is 21.9. The fourth-order valence-corrected chi connectivity index (χ4v) is 4.08. The van der Waals surface area contributed by atoms with E-state index in [-0.39, 0.29) is 5.91 Å². The van der Waals surface area contributed by atoms with E-state index in [0.29, 0.717) is 65.9 Å². The van der Waals surface area contributed by atoms with E-state index in [4.69, 9.17) is 0 Å². The maximum absolute atomic E-state index is 12.9. The second-order valence-electron chi connectivity index (χ2n) is 7.27. The third-order valence-electron chi connectivity index (χ3n) is 5.05. The molecule has 0 saturated carbocycles. The van der Waals surface area contributed by atoms with Gasteiger partial charge in [0.15, 0.2) is 11.6 Å². The molecule has 0 spiro atoms. The van der Waals surface area contributed by atoms with Crippen LogP contribution >= 0.6 is 11.8 Å².